The molecule has 0 bridgehead atoms. The predicted octanol–water partition coefficient (Wildman–Crippen LogP) is 4.96. The summed E-state index contributed by atoms with van der Waals surface area (Å²) in [6, 6.07) is 21.4. The van der Waals surface area contributed by atoms with E-state index in [4.69, 9.17) is 20.3 Å². The number of hydrogen-bond acceptors (Lipinski definition) is 6. The molecule has 4 aromatic rings. The van der Waals surface area contributed by atoms with E-state index in [9.17, 15) is 9.90 Å². The molecule has 1 unspecified atom stereocenters. The molecule has 0 aliphatic rings. The van der Waals surface area contributed by atoms with E-state index in [0.29, 0.717) is 12.4 Å². The van der Waals surface area contributed by atoms with Gasteiger partial charge in [-0.2, -0.15) is 5.10 Å². The Kier molecular flexibility index (Phi) is 8.03. The predicted molar refractivity (Wildman–Crippen MR) is 141 cm³/mol. The van der Waals surface area contributed by atoms with Crippen LogP contribution in [0, 0.1) is 0 Å². The van der Waals surface area contributed by atoms with Crippen molar-refractivity contribution in [2.45, 2.75) is 45.9 Å². The Labute approximate surface area is 211 Å². The van der Waals surface area contributed by atoms with E-state index in [-0.39, 0.29) is 31.6 Å². The van der Waals surface area contributed by atoms with Crippen molar-refractivity contribution in [3.8, 4) is 16.9 Å². The maximum atomic E-state index is 12.0. The molecule has 36 heavy (non-hydrogen) atoms. The second-order valence-electron chi connectivity index (χ2n) is 9.01. The Morgan fingerprint density at radius 3 is 2.58 bits per heavy atom. The average molecular weight is 488 g/mol. The molecule has 4 rings (SSSR count). The van der Waals surface area contributed by atoms with Crippen molar-refractivity contribution in [2.24, 2.45) is 5.73 Å². The maximum absolute atomic E-state index is 12.0. The molecule has 1 aromatic heterocycles. The summed E-state index contributed by atoms with van der Waals surface area (Å²) in [5.74, 6) is 0.357. The van der Waals surface area contributed by atoms with Gasteiger partial charge in [0.15, 0.2) is 0 Å². The quantitative estimate of drug-likeness (QED) is 0.307. The van der Waals surface area contributed by atoms with E-state index in [1.54, 1.807) is 6.92 Å². The molecule has 7 nitrogen and oxygen atoms in total. The monoisotopic (exact) mass is 487 g/mol. The first-order valence-electron chi connectivity index (χ1n) is 12.3. The van der Waals surface area contributed by atoms with Crippen LogP contribution in [0.15, 0.2) is 66.7 Å². The lowest BCUT2D eigenvalue weighted by atomic mass is 9.98. The number of aliphatic hydroxyl groups is 1. The van der Waals surface area contributed by atoms with Gasteiger partial charge in [-0.05, 0) is 61.7 Å². The zero-order chi connectivity index (χ0) is 25.7. The van der Waals surface area contributed by atoms with Crippen LogP contribution in [-0.4, -0.2) is 34.1 Å². The van der Waals surface area contributed by atoms with Crippen LogP contribution in [0.1, 0.15) is 49.7 Å². The van der Waals surface area contributed by atoms with Gasteiger partial charge in [-0.1, -0.05) is 42.5 Å². The molecule has 7 heteroatoms. The van der Waals surface area contributed by atoms with Crippen LogP contribution in [0.2, 0.25) is 0 Å². The Balaban J connectivity index is 1.67. The van der Waals surface area contributed by atoms with Gasteiger partial charge in [-0.25, -0.2) is 0 Å². The van der Waals surface area contributed by atoms with Crippen molar-refractivity contribution in [2.75, 3.05) is 13.2 Å². The molecule has 3 N–H and O–H groups in total. The molecule has 0 aliphatic heterocycles. The lowest BCUT2D eigenvalue weighted by Crippen LogP contribution is -2.14. The first-order chi connectivity index (χ1) is 17.4. The summed E-state index contributed by atoms with van der Waals surface area (Å²) in [5.41, 5.74) is 11.6. The molecule has 188 valence electrons. The number of esters is 1. The molecular weight excluding hydrogens is 454 g/mol. The summed E-state index contributed by atoms with van der Waals surface area (Å²) in [5, 5.41) is 15.3. The summed E-state index contributed by atoms with van der Waals surface area (Å²) in [7, 11) is 0. The van der Waals surface area contributed by atoms with Crippen molar-refractivity contribution in [3.63, 3.8) is 0 Å². The first-order valence-corrected chi connectivity index (χ1v) is 12.3. The Morgan fingerprint density at radius 1 is 1.06 bits per heavy atom. The lowest BCUT2D eigenvalue weighted by molar-refractivity contribution is -0.142. The van der Waals surface area contributed by atoms with Crippen LogP contribution >= 0.6 is 0 Å². The second-order valence-corrected chi connectivity index (χ2v) is 9.01. The van der Waals surface area contributed by atoms with Crippen LogP contribution in [-0.2, 0) is 22.6 Å². The van der Waals surface area contributed by atoms with Gasteiger partial charge in [0.05, 0.1) is 31.2 Å². The fraction of sp³-hybridized carbons (Fsp3) is 0.310. The zero-order valence-corrected chi connectivity index (χ0v) is 21.0. The largest absolute Gasteiger partial charge is 0.487 e. The fourth-order valence-electron chi connectivity index (χ4n) is 4.24. The highest BCUT2D eigenvalue weighted by Gasteiger charge is 2.16. The van der Waals surface area contributed by atoms with Crippen molar-refractivity contribution >= 4 is 16.9 Å². The number of rotatable bonds is 10. The SMILES string of the molecule is CCOC(=O)Cc1ccccc1OCc1nn(C(C)C)c2ccc(-c3cccc(C(N)CO)c3)cc12. The van der Waals surface area contributed by atoms with Gasteiger partial charge in [0, 0.05) is 17.0 Å². The number of para-hydroxylation sites is 1. The fourth-order valence-corrected chi connectivity index (χ4v) is 4.24. The highest BCUT2D eigenvalue weighted by atomic mass is 16.5. The number of aliphatic hydroxyl groups excluding tert-OH is 1. The minimum Gasteiger partial charge on any atom is -0.487 e. The maximum Gasteiger partial charge on any atom is 0.310 e. The van der Waals surface area contributed by atoms with Crippen LogP contribution < -0.4 is 10.5 Å². The Morgan fingerprint density at radius 2 is 1.83 bits per heavy atom. The molecule has 0 saturated heterocycles. The van der Waals surface area contributed by atoms with E-state index in [1.807, 2.05) is 53.2 Å². The summed E-state index contributed by atoms with van der Waals surface area (Å²) in [6.07, 6.45) is 0.154. The summed E-state index contributed by atoms with van der Waals surface area (Å²) >= 11 is 0. The van der Waals surface area contributed by atoms with Gasteiger partial charge in [-0.15, -0.1) is 0 Å². The summed E-state index contributed by atoms with van der Waals surface area (Å²) in [4.78, 5) is 12.0. The highest BCUT2D eigenvalue weighted by molar-refractivity contribution is 5.87. The zero-order valence-electron chi connectivity index (χ0n) is 21.0. The first kappa shape index (κ1) is 25.4. The smallest absolute Gasteiger partial charge is 0.310 e. The number of benzene rings is 3. The van der Waals surface area contributed by atoms with Crippen LogP contribution in [0.4, 0.5) is 0 Å². The Hall–Kier alpha value is -3.68. The van der Waals surface area contributed by atoms with Crippen molar-refractivity contribution < 1.29 is 19.4 Å². The van der Waals surface area contributed by atoms with E-state index in [0.717, 1.165) is 38.9 Å². The van der Waals surface area contributed by atoms with Crippen LogP contribution in [0.3, 0.4) is 0 Å². The van der Waals surface area contributed by atoms with Gasteiger partial charge in [-0.3, -0.25) is 9.48 Å². The van der Waals surface area contributed by atoms with Crippen LogP contribution in [0.5, 0.6) is 5.75 Å². The van der Waals surface area contributed by atoms with Crippen molar-refractivity contribution in [1.29, 1.82) is 0 Å². The van der Waals surface area contributed by atoms with Crippen molar-refractivity contribution in [1.82, 2.24) is 9.78 Å². The molecule has 0 spiro atoms. The molecule has 3 aromatic carbocycles. The molecule has 0 saturated carbocycles. The molecule has 1 atom stereocenters. The number of carbonyl (C=O) groups excluding carboxylic acids is 1. The number of fused-ring (bicyclic) bond motifs is 1. The number of nitrogens with two attached hydrogens (primary N) is 1. The van der Waals surface area contributed by atoms with Gasteiger partial charge in [0.25, 0.3) is 0 Å². The third-order valence-corrected chi connectivity index (χ3v) is 6.09. The lowest BCUT2D eigenvalue weighted by Gasteiger charge is -2.11. The number of hydrogen-bond donors (Lipinski definition) is 2. The normalized spacial score (nSPS) is 12.2. The summed E-state index contributed by atoms with van der Waals surface area (Å²) in [6.45, 7) is 6.48. The van der Waals surface area contributed by atoms with Gasteiger partial charge in [0.1, 0.15) is 18.1 Å². The third kappa shape index (κ3) is 5.58. The van der Waals surface area contributed by atoms with E-state index in [1.165, 1.54) is 0 Å². The summed E-state index contributed by atoms with van der Waals surface area (Å²) < 4.78 is 13.3. The minimum absolute atomic E-state index is 0.108. The molecular formula is C29H33N3O4. The van der Waals surface area contributed by atoms with Gasteiger partial charge < -0.3 is 20.3 Å². The average Bonchev–Trinajstić information content (AvgIpc) is 3.26. The van der Waals surface area contributed by atoms with Gasteiger partial charge >= 0.3 is 5.97 Å². The van der Waals surface area contributed by atoms with E-state index >= 15 is 0 Å². The van der Waals surface area contributed by atoms with Crippen molar-refractivity contribution in [3.05, 3.63) is 83.6 Å². The number of carbonyl (C=O) groups is 1. The highest BCUT2D eigenvalue weighted by Crippen LogP contribution is 2.30. The molecule has 0 fully saturated rings. The third-order valence-electron chi connectivity index (χ3n) is 6.09. The van der Waals surface area contributed by atoms with E-state index < -0.39 is 6.04 Å². The molecule has 1 heterocycles. The van der Waals surface area contributed by atoms with Gasteiger partial charge in [0.2, 0.25) is 0 Å². The van der Waals surface area contributed by atoms with E-state index in [2.05, 4.69) is 32.0 Å². The molecule has 0 aliphatic carbocycles. The number of ether oxygens (including phenoxy) is 2. The topological polar surface area (TPSA) is 99.6 Å². The second kappa shape index (κ2) is 11.4. The number of nitrogens with zero attached hydrogens (tertiary/aromatic N) is 2. The molecule has 0 radical (unpaired) electrons. The molecule has 0 amide bonds. The number of aromatic nitrogens is 2. The standard InChI is InChI=1S/C29H33N3O4/c1-4-35-29(34)16-23-8-5-6-11-28(23)36-18-26-24-15-21(12-13-27(24)32(31-26)19(2)3)20-9-7-10-22(14-20)25(30)17-33/h5-15,19,25,33H,4,16-18,30H2,1-3H3. The minimum atomic E-state index is -0.420. The van der Waals surface area contributed by atoms with Crippen LogP contribution in [0.25, 0.3) is 22.0 Å². The Bertz CT molecular complexity index is 1350.